The second kappa shape index (κ2) is 8.34. The maximum atomic E-state index is 11.7. The highest BCUT2D eigenvalue weighted by Crippen LogP contribution is 2.14. The first-order valence-corrected chi connectivity index (χ1v) is 5.81. The normalized spacial score (nSPS) is 11.5. The fourth-order valence-electron chi connectivity index (χ4n) is 1.27. The summed E-state index contributed by atoms with van der Waals surface area (Å²) in [6.45, 7) is 4.74. The summed E-state index contributed by atoms with van der Waals surface area (Å²) >= 11 is 5.82. The van der Waals surface area contributed by atoms with Crippen LogP contribution in [-0.2, 0) is 4.79 Å². The van der Waals surface area contributed by atoms with Crippen molar-refractivity contribution < 1.29 is 4.79 Å². The van der Waals surface area contributed by atoms with E-state index in [2.05, 4.69) is 17.6 Å². The minimum atomic E-state index is -0.195. The molecule has 0 fully saturated rings. The second-order valence-corrected chi connectivity index (χ2v) is 4.11. The van der Waals surface area contributed by atoms with Gasteiger partial charge in [-0.05, 0) is 38.1 Å². The third kappa shape index (κ3) is 5.91. The lowest BCUT2D eigenvalue weighted by Gasteiger charge is -2.13. The highest BCUT2D eigenvalue weighted by molar-refractivity contribution is 6.30. The number of amides is 1. The summed E-state index contributed by atoms with van der Waals surface area (Å²) in [7, 11) is 0. The first-order valence-electron chi connectivity index (χ1n) is 5.43. The van der Waals surface area contributed by atoms with Gasteiger partial charge in [0.2, 0.25) is 5.91 Å². The molecule has 17 heavy (non-hydrogen) atoms. The van der Waals surface area contributed by atoms with E-state index in [4.69, 9.17) is 11.6 Å². The smallest absolute Gasteiger partial charge is 0.241 e. The molecule has 1 aromatic rings. The van der Waals surface area contributed by atoms with Gasteiger partial charge >= 0.3 is 0 Å². The lowest BCUT2D eigenvalue weighted by molar-refractivity contribution is -0.117. The highest BCUT2D eigenvalue weighted by atomic mass is 35.5. The topological polar surface area (TPSA) is 41.1 Å². The molecule has 0 saturated heterocycles. The number of rotatable bonds is 5. The number of carbonyl (C=O) groups excluding carboxylic acids is 1. The number of nitrogens with one attached hydrogen (secondary N) is 2. The second-order valence-electron chi connectivity index (χ2n) is 3.68. The Kier molecular flexibility index (Phi) is 7.96. The van der Waals surface area contributed by atoms with Crippen LogP contribution in [0.5, 0.6) is 0 Å². The van der Waals surface area contributed by atoms with Crippen molar-refractivity contribution in [2.24, 2.45) is 0 Å². The van der Waals surface area contributed by atoms with Gasteiger partial charge < -0.3 is 10.6 Å². The number of hydrogen-bond donors (Lipinski definition) is 2. The van der Waals surface area contributed by atoms with Crippen LogP contribution < -0.4 is 10.6 Å². The van der Waals surface area contributed by atoms with Crippen molar-refractivity contribution in [3.63, 3.8) is 0 Å². The minimum absolute atomic E-state index is 0. The number of carbonyl (C=O) groups is 1. The molecule has 1 atom stereocenters. The van der Waals surface area contributed by atoms with E-state index in [1.165, 1.54) is 0 Å². The Morgan fingerprint density at radius 1 is 1.47 bits per heavy atom. The van der Waals surface area contributed by atoms with Gasteiger partial charge in [-0.25, -0.2) is 0 Å². The third-order valence-electron chi connectivity index (χ3n) is 2.19. The fraction of sp³-hybridized carbons (Fsp3) is 0.417. The van der Waals surface area contributed by atoms with E-state index >= 15 is 0 Å². The Morgan fingerprint density at radius 3 is 2.76 bits per heavy atom. The van der Waals surface area contributed by atoms with Crippen LogP contribution in [0.15, 0.2) is 24.3 Å². The van der Waals surface area contributed by atoms with Crippen molar-refractivity contribution in [1.82, 2.24) is 5.32 Å². The zero-order valence-corrected chi connectivity index (χ0v) is 11.6. The van der Waals surface area contributed by atoms with E-state index in [-0.39, 0.29) is 24.4 Å². The van der Waals surface area contributed by atoms with Crippen LogP contribution in [0.2, 0.25) is 5.02 Å². The molecule has 0 saturated carbocycles. The summed E-state index contributed by atoms with van der Waals surface area (Å²) in [5.74, 6) is -0.0456. The largest absolute Gasteiger partial charge is 0.325 e. The number of anilines is 1. The molecule has 1 amide bonds. The number of benzene rings is 1. The lowest BCUT2D eigenvalue weighted by atomic mass is 10.2. The van der Waals surface area contributed by atoms with Crippen molar-refractivity contribution in [3.05, 3.63) is 29.3 Å². The number of halogens is 2. The Labute approximate surface area is 113 Å². The molecule has 5 heteroatoms. The standard InChI is InChI=1S/C12H17ClN2O.ClH/c1-3-7-14-9(2)12(16)15-11-6-4-5-10(13)8-11;/h4-6,8-9,14H,3,7H2,1-2H3,(H,15,16);1H. The molecule has 0 radical (unpaired) electrons. The Hall–Kier alpha value is -0.770. The maximum absolute atomic E-state index is 11.7. The summed E-state index contributed by atoms with van der Waals surface area (Å²) in [6, 6.07) is 6.93. The van der Waals surface area contributed by atoms with E-state index in [1.54, 1.807) is 12.1 Å². The van der Waals surface area contributed by atoms with Gasteiger partial charge in [0.1, 0.15) is 0 Å². The Bertz CT molecular complexity index is 358. The van der Waals surface area contributed by atoms with Crippen molar-refractivity contribution in [1.29, 1.82) is 0 Å². The monoisotopic (exact) mass is 276 g/mol. The third-order valence-corrected chi connectivity index (χ3v) is 2.42. The highest BCUT2D eigenvalue weighted by Gasteiger charge is 2.11. The van der Waals surface area contributed by atoms with Crippen LogP contribution in [-0.4, -0.2) is 18.5 Å². The van der Waals surface area contributed by atoms with Gasteiger partial charge in [-0.2, -0.15) is 0 Å². The van der Waals surface area contributed by atoms with Crippen LogP contribution in [0.25, 0.3) is 0 Å². The zero-order chi connectivity index (χ0) is 12.0. The molecule has 2 N–H and O–H groups in total. The van der Waals surface area contributed by atoms with Crippen molar-refractivity contribution in [3.8, 4) is 0 Å². The summed E-state index contributed by atoms with van der Waals surface area (Å²) < 4.78 is 0. The number of hydrogen-bond acceptors (Lipinski definition) is 2. The molecule has 0 heterocycles. The molecule has 0 aliphatic carbocycles. The fourth-order valence-corrected chi connectivity index (χ4v) is 1.46. The lowest BCUT2D eigenvalue weighted by Crippen LogP contribution is -2.38. The molecule has 1 aromatic carbocycles. The molecule has 0 aromatic heterocycles. The summed E-state index contributed by atoms with van der Waals surface area (Å²) in [5, 5.41) is 6.54. The van der Waals surface area contributed by atoms with Crippen LogP contribution in [0.4, 0.5) is 5.69 Å². The quantitative estimate of drug-likeness (QED) is 0.868. The summed E-state index contributed by atoms with van der Waals surface area (Å²) in [4.78, 5) is 11.7. The minimum Gasteiger partial charge on any atom is -0.325 e. The van der Waals surface area contributed by atoms with E-state index < -0.39 is 0 Å². The molecule has 0 bridgehead atoms. The Morgan fingerprint density at radius 2 is 2.18 bits per heavy atom. The Balaban J connectivity index is 0.00000256. The van der Waals surface area contributed by atoms with Crippen molar-refractivity contribution in [2.75, 3.05) is 11.9 Å². The van der Waals surface area contributed by atoms with Gasteiger partial charge in [-0.1, -0.05) is 24.6 Å². The molecule has 0 aliphatic heterocycles. The van der Waals surface area contributed by atoms with Crippen LogP contribution >= 0.6 is 24.0 Å². The molecular weight excluding hydrogens is 259 g/mol. The first-order chi connectivity index (χ1) is 7.63. The van der Waals surface area contributed by atoms with E-state index in [1.807, 2.05) is 19.1 Å². The molecule has 0 aliphatic rings. The average Bonchev–Trinajstić information content (AvgIpc) is 2.25. The molecule has 0 spiro atoms. The molecule has 3 nitrogen and oxygen atoms in total. The van der Waals surface area contributed by atoms with Gasteiger partial charge in [-0.15, -0.1) is 12.4 Å². The van der Waals surface area contributed by atoms with Crippen molar-refractivity contribution >= 4 is 35.6 Å². The molecule has 1 unspecified atom stereocenters. The van der Waals surface area contributed by atoms with Crippen molar-refractivity contribution in [2.45, 2.75) is 26.3 Å². The summed E-state index contributed by atoms with van der Waals surface area (Å²) in [5.41, 5.74) is 0.725. The summed E-state index contributed by atoms with van der Waals surface area (Å²) in [6.07, 6.45) is 1.01. The SMILES string of the molecule is CCCNC(C)C(=O)Nc1cccc(Cl)c1.Cl. The van der Waals surface area contributed by atoms with Crippen LogP contribution in [0.3, 0.4) is 0 Å². The van der Waals surface area contributed by atoms with E-state index in [9.17, 15) is 4.79 Å². The van der Waals surface area contributed by atoms with Gasteiger partial charge in [0, 0.05) is 10.7 Å². The predicted molar refractivity (Wildman–Crippen MR) is 75.1 cm³/mol. The molecule has 1 rings (SSSR count). The molecular formula is C12H18Cl2N2O. The van der Waals surface area contributed by atoms with E-state index in [0.29, 0.717) is 5.02 Å². The van der Waals surface area contributed by atoms with Gasteiger partial charge in [-0.3, -0.25) is 4.79 Å². The van der Waals surface area contributed by atoms with Gasteiger partial charge in [0.25, 0.3) is 0 Å². The van der Waals surface area contributed by atoms with Crippen LogP contribution in [0, 0.1) is 0 Å². The maximum Gasteiger partial charge on any atom is 0.241 e. The first kappa shape index (κ1) is 16.2. The van der Waals surface area contributed by atoms with Gasteiger partial charge in [0.15, 0.2) is 0 Å². The molecule has 96 valence electrons. The average molecular weight is 277 g/mol. The zero-order valence-electron chi connectivity index (χ0n) is 10.00. The van der Waals surface area contributed by atoms with Gasteiger partial charge in [0.05, 0.1) is 6.04 Å². The predicted octanol–water partition coefficient (Wildman–Crippen LogP) is 3.09. The van der Waals surface area contributed by atoms with Crippen LogP contribution in [0.1, 0.15) is 20.3 Å². The van der Waals surface area contributed by atoms with E-state index in [0.717, 1.165) is 18.7 Å².